The van der Waals surface area contributed by atoms with Crippen molar-refractivity contribution in [3.63, 3.8) is 0 Å². The van der Waals surface area contributed by atoms with Crippen LogP contribution in [0.15, 0.2) is 0 Å². The highest BCUT2D eigenvalue weighted by molar-refractivity contribution is 7.89. The minimum absolute atomic E-state index is 0.00298. The van der Waals surface area contributed by atoms with Crippen LogP contribution in [-0.2, 0) is 20.0 Å². The van der Waals surface area contributed by atoms with E-state index in [-0.39, 0.29) is 18.8 Å². The molecule has 0 saturated carbocycles. The average molecular weight is 273 g/mol. The first-order valence-corrected chi connectivity index (χ1v) is 8.43. The van der Waals surface area contributed by atoms with Gasteiger partial charge in [0.2, 0.25) is 20.0 Å². The van der Waals surface area contributed by atoms with Gasteiger partial charge in [-0.2, -0.15) is 0 Å². The number of nitrogens with two attached hydrogens (primary N) is 1. The second-order valence-electron chi connectivity index (χ2n) is 3.38. The number of hydrogen-bond acceptors (Lipinski definition) is 5. The van der Waals surface area contributed by atoms with Crippen LogP contribution in [-0.4, -0.2) is 48.5 Å². The molecule has 0 saturated heterocycles. The van der Waals surface area contributed by atoms with Crippen molar-refractivity contribution in [2.75, 3.05) is 31.6 Å². The SMILES string of the molecule is CS(=O)(=O)NCCCNS(=O)(=O)CCCN. The first-order chi connectivity index (χ1) is 7.27. The van der Waals surface area contributed by atoms with Gasteiger partial charge in [-0.1, -0.05) is 0 Å². The number of rotatable bonds is 9. The summed E-state index contributed by atoms with van der Waals surface area (Å²) in [6.07, 6.45) is 1.88. The molecule has 0 aliphatic carbocycles. The minimum atomic E-state index is -3.27. The smallest absolute Gasteiger partial charge is 0.211 e. The lowest BCUT2D eigenvalue weighted by Crippen LogP contribution is -2.31. The highest BCUT2D eigenvalue weighted by Gasteiger charge is 2.08. The normalized spacial score (nSPS) is 12.9. The van der Waals surface area contributed by atoms with Crippen LogP contribution >= 0.6 is 0 Å². The monoisotopic (exact) mass is 273 g/mol. The second-order valence-corrected chi connectivity index (χ2v) is 7.13. The van der Waals surface area contributed by atoms with Crippen molar-refractivity contribution in [1.29, 1.82) is 0 Å². The lowest BCUT2D eigenvalue weighted by atomic mass is 10.4. The van der Waals surface area contributed by atoms with Gasteiger partial charge in [0.05, 0.1) is 12.0 Å². The molecule has 4 N–H and O–H groups in total. The van der Waals surface area contributed by atoms with Crippen molar-refractivity contribution in [2.45, 2.75) is 12.8 Å². The largest absolute Gasteiger partial charge is 0.330 e. The van der Waals surface area contributed by atoms with E-state index in [0.29, 0.717) is 19.4 Å². The molecule has 16 heavy (non-hydrogen) atoms. The molecule has 0 heterocycles. The molecule has 0 rings (SSSR count). The molecule has 0 spiro atoms. The van der Waals surface area contributed by atoms with Gasteiger partial charge in [-0.15, -0.1) is 0 Å². The Balaban J connectivity index is 3.66. The predicted octanol–water partition coefficient (Wildman–Crippen LogP) is -1.81. The molecule has 0 bridgehead atoms. The Morgan fingerprint density at radius 1 is 1.00 bits per heavy atom. The number of sulfonamides is 2. The van der Waals surface area contributed by atoms with Gasteiger partial charge >= 0.3 is 0 Å². The molecule has 0 aromatic heterocycles. The lowest BCUT2D eigenvalue weighted by Gasteiger charge is -2.06. The molecule has 0 aromatic rings. The van der Waals surface area contributed by atoms with Crippen LogP contribution in [0.3, 0.4) is 0 Å². The van der Waals surface area contributed by atoms with Gasteiger partial charge in [0.15, 0.2) is 0 Å². The van der Waals surface area contributed by atoms with Crippen LogP contribution in [0.1, 0.15) is 12.8 Å². The molecule has 0 amide bonds. The molecule has 0 radical (unpaired) electrons. The van der Waals surface area contributed by atoms with Gasteiger partial charge in [-0.25, -0.2) is 26.3 Å². The Morgan fingerprint density at radius 2 is 1.56 bits per heavy atom. The van der Waals surface area contributed by atoms with E-state index in [2.05, 4.69) is 9.44 Å². The fraction of sp³-hybridized carbons (Fsp3) is 1.00. The van der Waals surface area contributed by atoms with Crippen LogP contribution in [0.2, 0.25) is 0 Å². The van der Waals surface area contributed by atoms with Crippen LogP contribution < -0.4 is 15.2 Å². The second kappa shape index (κ2) is 7.17. The summed E-state index contributed by atoms with van der Waals surface area (Å²) in [5.41, 5.74) is 5.19. The van der Waals surface area contributed by atoms with E-state index in [1.165, 1.54) is 0 Å². The van der Waals surface area contributed by atoms with Crippen molar-refractivity contribution in [2.24, 2.45) is 5.73 Å². The Bertz CT molecular complexity index is 376. The van der Waals surface area contributed by atoms with Crippen molar-refractivity contribution in [3.8, 4) is 0 Å². The molecule has 98 valence electrons. The first-order valence-electron chi connectivity index (χ1n) is 4.89. The minimum Gasteiger partial charge on any atom is -0.330 e. The van der Waals surface area contributed by atoms with Crippen molar-refractivity contribution < 1.29 is 16.8 Å². The van der Waals surface area contributed by atoms with E-state index < -0.39 is 20.0 Å². The van der Waals surface area contributed by atoms with Crippen LogP contribution in [0, 0.1) is 0 Å². The zero-order chi connectivity index (χ0) is 12.7. The van der Waals surface area contributed by atoms with Gasteiger partial charge in [-0.05, 0) is 19.4 Å². The molecule has 0 aliphatic rings. The van der Waals surface area contributed by atoms with Gasteiger partial charge < -0.3 is 5.73 Å². The Kier molecular flexibility index (Phi) is 7.07. The van der Waals surface area contributed by atoms with Gasteiger partial charge in [0.25, 0.3) is 0 Å². The molecule has 0 atom stereocenters. The maximum absolute atomic E-state index is 11.2. The molecule has 9 heteroatoms. The molecular formula is C7H19N3O4S2. The predicted molar refractivity (Wildman–Crippen MR) is 62.9 cm³/mol. The van der Waals surface area contributed by atoms with Gasteiger partial charge in [0.1, 0.15) is 0 Å². The van der Waals surface area contributed by atoms with Crippen LogP contribution in [0.5, 0.6) is 0 Å². The zero-order valence-corrected chi connectivity index (χ0v) is 10.9. The van der Waals surface area contributed by atoms with E-state index in [1.807, 2.05) is 0 Å². The maximum atomic E-state index is 11.2. The quantitative estimate of drug-likeness (QED) is 0.428. The molecular weight excluding hydrogens is 254 g/mol. The molecule has 0 aromatic carbocycles. The van der Waals surface area contributed by atoms with Crippen molar-refractivity contribution >= 4 is 20.0 Å². The summed E-state index contributed by atoms with van der Waals surface area (Å²) in [6, 6.07) is 0. The Hall–Kier alpha value is -0.220. The third-order valence-electron chi connectivity index (χ3n) is 1.66. The van der Waals surface area contributed by atoms with E-state index in [1.54, 1.807) is 0 Å². The zero-order valence-electron chi connectivity index (χ0n) is 9.27. The van der Waals surface area contributed by atoms with Gasteiger partial charge in [-0.3, -0.25) is 0 Å². The third kappa shape index (κ3) is 10.3. The highest BCUT2D eigenvalue weighted by Crippen LogP contribution is 1.88. The van der Waals surface area contributed by atoms with Crippen molar-refractivity contribution in [3.05, 3.63) is 0 Å². The Labute approximate surface area is 96.9 Å². The maximum Gasteiger partial charge on any atom is 0.211 e. The summed E-state index contributed by atoms with van der Waals surface area (Å²) in [5.74, 6) is 0.00298. The summed E-state index contributed by atoms with van der Waals surface area (Å²) >= 11 is 0. The standard InChI is InChI=1S/C7H19N3O4S2/c1-15(11,12)9-5-3-6-10-16(13,14)7-2-4-8/h9-10H,2-8H2,1H3. The molecule has 0 fully saturated rings. The van der Waals surface area contributed by atoms with Crippen molar-refractivity contribution in [1.82, 2.24) is 9.44 Å². The van der Waals surface area contributed by atoms with E-state index in [0.717, 1.165) is 6.26 Å². The molecule has 0 aliphatic heterocycles. The lowest BCUT2D eigenvalue weighted by molar-refractivity contribution is 0.573. The molecule has 0 unspecified atom stereocenters. The summed E-state index contributed by atoms with van der Waals surface area (Å²) in [4.78, 5) is 0. The topological polar surface area (TPSA) is 118 Å². The summed E-state index contributed by atoms with van der Waals surface area (Å²) in [5, 5.41) is 0. The fourth-order valence-electron chi connectivity index (χ4n) is 0.919. The van der Waals surface area contributed by atoms with Gasteiger partial charge in [0, 0.05) is 13.1 Å². The average Bonchev–Trinajstić information content (AvgIpc) is 2.12. The summed E-state index contributed by atoms with van der Waals surface area (Å²) in [7, 11) is -6.46. The number of hydrogen-bond donors (Lipinski definition) is 3. The van der Waals surface area contributed by atoms with E-state index >= 15 is 0 Å². The number of nitrogens with one attached hydrogen (secondary N) is 2. The third-order valence-corrected chi connectivity index (χ3v) is 3.86. The Morgan fingerprint density at radius 3 is 2.06 bits per heavy atom. The van der Waals surface area contributed by atoms with Crippen LogP contribution in [0.4, 0.5) is 0 Å². The van der Waals surface area contributed by atoms with Crippen LogP contribution in [0.25, 0.3) is 0 Å². The van der Waals surface area contributed by atoms with E-state index in [9.17, 15) is 16.8 Å². The summed E-state index contributed by atoms with van der Waals surface area (Å²) in [6.45, 7) is 0.768. The van der Waals surface area contributed by atoms with E-state index in [4.69, 9.17) is 5.73 Å². The fourth-order valence-corrected chi connectivity index (χ4v) is 2.58. The highest BCUT2D eigenvalue weighted by atomic mass is 32.2. The first kappa shape index (κ1) is 15.8. The summed E-state index contributed by atoms with van der Waals surface area (Å²) < 4.78 is 48.5. The molecule has 7 nitrogen and oxygen atoms in total.